The number of hydrogen-bond acceptors (Lipinski definition) is 1. The summed E-state index contributed by atoms with van der Waals surface area (Å²) in [5.74, 6) is 0.463. The van der Waals surface area contributed by atoms with Crippen molar-refractivity contribution in [2.24, 2.45) is 5.92 Å². The van der Waals surface area contributed by atoms with Gasteiger partial charge in [0.05, 0.1) is 0 Å². The third-order valence-electron chi connectivity index (χ3n) is 2.52. The maximum Gasteiger partial charge on any atom is 0.243 e. The van der Waals surface area contributed by atoms with Gasteiger partial charge in [0.1, 0.15) is 0 Å². The Hall–Kier alpha value is -1.57. The van der Waals surface area contributed by atoms with Crippen LogP contribution in [-0.4, -0.2) is 12.5 Å². The Labute approximate surface area is 124 Å². The van der Waals surface area contributed by atoms with Crippen LogP contribution in [0.3, 0.4) is 0 Å². The van der Waals surface area contributed by atoms with Crippen molar-refractivity contribution >= 4 is 5.91 Å². The molecule has 0 aromatic heterocycles. The van der Waals surface area contributed by atoms with Gasteiger partial charge in [0.2, 0.25) is 5.91 Å². The fraction of sp³-hybridized carbons (Fsp3) is 0.500. The van der Waals surface area contributed by atoms with Crippen molar-refractivity contribution < 1.29 is 4.79 Å². The van der Waals surface area contributed by atoms with E-state index in [1.54, 1.807) is 12.2 Å². The van der Waals surface area contributed by atoms with Crippen LogP contribution in [0.15, 0.2) is 48.6 Å². The van der Waals surface area contributed by atoms with Crippen LogP contribution in [0.1, 0.15) is 46.5 Å². The monoisotopic (exact) mass is 275 g/mol. The maximum absolute atomic E-state index is 11.4. The van der Waals surface area contributed by atoms with Crippen LogP contribution >= 0.6 is 0 Å². The van der Waals surface area contributed by atoms with E-state index in [4.69, 9.17) is 0 Å². The second-order valence-electron chi connectivity index (χ2n) is 5.15. The smallest absolute Gasteiger partial charge is 0.243 e. The number of rotatable bonds is 10. The molecule has 0 aliphatic rings. The molecule has 0 aromatic rings. The summed E-state index contributed by atoms with van der Waals surface area (Å²) < 4.78 is 0. The summed E-state index contributed by atoms with van der Waals surface area (Å²) in [6.07, 6.45) is 20.3. The highest BCUT2D eigenvalue weighted by molar-refractivity contribution is 5.87. The highest BCUT2D eigenvalue weighted by Crippen LogP contribution is 1.95. The summed E-state index contributed by atoms with van der Waals surface area (Å²) in [7, 11) is 0. The van der Waals surface area contributed by atoms with Crippen molar-refractivity contribution in [2.45, 2.75) is 46.5 Å². The number of amides is 1. The Balaban J connectivity index is 3.63. The Morgan fingerprint density at radius 1 is 0.950 bits per heavy atom. The number of unbranched alkanes of at least 4 members (excludes halogenated alkanes) is 2. The van der Waals surface area contributed by atoms with E-state index in [1.165, 1.54) is 6.42 Å². The Bertz CT molecular complexity index is 348. The van der Waals surface area contributed by atoms with Gasteiger partial charge in [-0.15, -0.1) is 0 Å². The third kappa shape index (κ3) is 14.5. The molecule has 0 fully saturated rings. The highest BCUT2D eigenvalue weighted by Gasteiger charge is 1.95. The van der Waals surface area contributed by atoms with Gasteiger partial charge in [0.15, 0.2) is 0 Å². The molecule has 1 amide bonds. The van der Waals surface area contributed by atoms with Crippen LogP contribution in [-0.2, 0) is 4.79 Å². The molecular formula is C18H29NO. The second-order valence-corrected chi connectivity index (χ2v) is 5.15. The topological polar surface area (TPSA) is 29.1 Å². The number of carbonyl (C=O) groups excluding carboxylic acids is 1. The lowest BCUT2D eigenvalue weighted by molar-refractivity contribution is -0.116. The predicted molar refractivity (Wildman–Crippen MR) is 88.5 cm³/mol. The molecule has 0 heterocycles. The Morgan fingerprint density at radius 3 is 2.05 bits per heavy atom. The summed E-state index contributed by atoms with van der Waals surface area (Å²) in [6, 6.07) is 0. The summed E-state index contributed by atoms with van der Waals surface area (Å²) in [6.45, 7) is 7.06. The van der Waals surface area contributed by atoms with E-state index in [9.17, 15) is 4.79 Å². The van der Waals surface area contributed by atoms with Crippen LogP contribution in [0, 0.1) is 5.92 Å². The Kier molecular flexibility index (Phi) is 12.8. The van der Waals surface area contributed by atoms with Gasteiger partial charge in [-0.25, -0.2) is 0 Å². The lowest BCUT2D eigenvalue weighted by atomic mass is 10.2. The number of carbonyl (C=O) groups is 1. The van der Waals surface area contributed by atoms with Gasteiger partial charge < -0.3 is 5.32 Å². The number of hydrogen-bond donors (Lipinski definition) is 1. The van der Waals surface area contributed by atoms with Crippen LogP contribution in [0.5, 0.6) is 0 Å². The molecule has 0 unspecified atom stereocenters. The number of allylic oxidation sites excluding steroid dienone is 7. The first-order valence-corrected chi connectivity index (χ1v) is 7.59. The van der Waals surface area contributed by atoms with E-state index in [1.807, 2.05) is 6.08 Å². The minimum absolute atomic E-state index is 0.0238. The van der Waals surface area contributed by atoms with Gasteiger partial charge in [-0.3, -0.25) is 4.79 Å². The Morgan fingerprint density at radius 2 is 1.50 bits per heavy atom. The molecule has 2 nitrogen and oxygen atoms in total. The third-order valence-corrected chi connectivity index (χ3v) is 2.52. The van der Waals surface area contributed by atoms with Gasteiger partial charge in [0, 0.05) is 12.6 Å². The highest BCUT2D eigenvalue weighted by atomic mass is 16.1. The molecule has 0 spiro atoms. The molecule has 20 heavy (non-hydrogen) atoms. The van der Waals surface area contributed by atoms with E-state index in [0.717, 1.165) is 25.8 Å². The summed E-state index contributed by atoms with van der Waals surface area (Å²) in [5, 5.41) is 2.84. The lowest BCUT2D eigenvalue weighted by Crippen LogP contribution is -2.25. The molecule has 0 saturated carbocycles. The zero-order chi connectivity index (χ0) is 15.1. The first-order valence-electron chi connectivity index (χ1n) is 7.59. The lowest BCUT2D eigenvalue weighted by Gasteiger charge is -2.03. The average Bonchev–Trinajstić information content (AvgIpc) is 2.42. The first kappa shape index (κ1) is 18.4. The van der Waals surface area contributed by atoms with Crippen molar-refractivity contribution in [1.82, 2.24) is 5.32 Å². The minimum Gasteiger partial charge on any atom is -0.352 e. The van der Waals surface area contributed by atoms with Crippen molar-refractivity contribution in [3.8, 4) is 0 Å². The molecule has 0 aliphatic carbocycles. The molecule has 0 bridgehead atoms. The normalized spacial score (nSPS) is 12.6. The second kappa shape index (κ2) is 13.9. The predicted octanol–water partition coefficient (Wildman–Crippen LogP) is 4.56. The molecule has 0 aromatic carbocycles. The molecule has 0 atom stereocenters. The van der Waals surface area contributed by atoms with Gasteiger partial charge in [-0.2, -0.15) is 0 Å². The summed E-state index contributed by atoms with van der Waals surface area (Å²) in [4.78, 5) is 11.4. The van der Waals surface area contributed by atoms with E-state index >= 15 is 0 Å². The van der Waals surface area contributed by atoms with Crippen molar-refractivity contribution in [1.29, 1.82) is 0 Å². The largest absolute Gasteiger partial charge is 0.352 e. The van der Waals surface area contributed by atoms with Crippen molar-refractivity contribution in [2.75, 3.05) is 6.54 Å². The SMILES string of the molecule is CCC/C=C/C=C/CC/C=C/C=C/C(=O)NCC(C)C. The molecule has 1 N–H and O–H groups in total. The molecular weight excluding hydrogens is 246 g/mol. The van der Waals surface area contributed by atoms with E-state index in [0.29, 0.717) is 5.92 Å². The van der Waals surface area contributed by atoms with Gasteiger partial charge in [-0.05, 0) is 25.2 Å². The van der Waals surface area contributed by atoms with Crippen LogP contribution in [0.4, 0.5) is 0 Å². The van der Waals surface area contributed by atoms with Crippen molar-refractivity contribution in [3.05, 3.63) is 48.6 Å². The maximum atomic E-state index is 11.4. The number of nitrogens with one attached hydrogen (secondary N) is 1. The first-order chi connectivity index (χ1) is 9.66. The standard InChI is InChI=1S/C18H29NO/c1-4-5-6-7-8-9-10-11-12-13-14-15-18(20)19-16-17(2)3/h6-9,12-15,17H,4-5,10-11,16H2,1-3H3,(H,19,20)/b7-6+,9-8+,13-12+,15-14+. The van der Waals surface area contributed by atoms with E-state index < -0.39 is 0 Å². The fourth-order valence-corrected chi connectivity index (χ4v) is 1.39. The summed E-state index contributed by atoms with van der Waals surface area (Å²) >= 11 is 0. The van der Waals surface area contributed by atoms with Crippen molar-refractivity contribution in [3.63, 3.8) is 0 Å². The molecule has 2 heteroatoms. The fourth-order valence-electron chi connectivity index (χ4n) is 1.39. The molecule has 0 rings (SSSR count). The van der Waals surface area contributed by atoms with Gasteiger partial charge >= 0.3 is 0 Å². The van der Waals surface area contributed by atoms with E-state index in [2.05, 4.69) is 56.5 Å². The molecule has 0 radical (unpaired) electrons. The van der Waals surface area contributed by atoms with Gasteiger partial charge in [-0.1, -0.05) is 69.7 Å². The molecule has 0 saturated heterocycles. The van der Waals surface area contributed by atoms with Gasteiger partial charge in [0.25, 0.3) is 0 Å². The summed E-state index contributed by atoms with van der Waals surface area (Å²) in [5.41, 5.74) is 0. The van der Waals surface area contributed by atoms with Crippen LogP contribution < -0.4 is 5.32 Å². The van der Waals surface area contributed by atoms with Crippen LogP contribution in [0.2, 0.25) is 0 Å². The van der Waals surface area contributed by atoms with E-state index in [-0.39, 0.29) is 5.91 Å². The molecule has 0 aliphatic heterocycles. The van der Waals surface area contributed by atoms with Crippen LogP contribution in [0.25, 0.3) is 0 Å². The quantitative estimate of drug-likeness (QED) is 0.353. The minimum atomic E-state index is -0.0238. The zero-order valence-electron chi connectivity index (χ0n) is 13.1. The average molecular weight is 275 g/mol. The zero-order valence-corrected chi connectivity index (χ0v) is 13.1. The molecule has 112 valence electrons.